The SMILES string of the molecule is CN1CCN(Nc2snc(N)c2S(C)(=O)=O)CC1. The molecule has 1 fully saturated rings. The number of nitrogens with two attached hydrogens (primary N) is 1. The first kappa shape index (κ1) is 13.5. The molecule has 18 heavy (non-hydrogen) atoms. The zero-order valence-corrected chi connectivity index (χ0v) is 12.0. The predicted octanol–water partition coefficient (Wildman–Crippen LogP) is -0.297. The summed E-state index contributed by atoms with van der Waals surface area (Å²) in [6.45, 7) is 3.54. The highest BCUT2D eigenvalue weighted by Crippen LogP contribution is 2.31. The fourth-order valence-corrected chi connectivity index (χ4v) is 3.86. The summed E-state index contributed by atoms with van der Waals surface area (Å²) in [5.41, 5.74) is 8.71. The van der Waals surface area contributed by atoms with Gasteiger partial charge in [0.15, 0.2) is 15.7 Å². The van der Waals surface area contributed by atoms with Crippen LogP contribution < -0.4 is 11.2 Å². The first-order chi connectivity index (χ1) is 8.38. The minimum absolute atomic E-state index is 0.0686. The highest BCUT2D eigenvalue weighted by molar-refractivity contribution is 7.91. The second kappa shape index (κ2) is 5.00. The zero-order chi connectivity index (χ0) is 13.3. The van der Waals surface area contributed by atoms with Gasteiger partial charge in [-0.3, -0.25) is 0 Å². The van der Waals surface area contributed by atoms with Crippen LogP contribution in [0.25, 0.3) is 0 Å². The predicted molar refractivity (Wildman–Crippen MR) is 72.3 cm³/mol. The third kappa shape index (κ3) is 2.91. The molecular weight excluding hydrogens is 274 g/mol. The highest BCUT2D eigenvalue weighted by Gasteiger charge is 2.23. The van der Waals surface area contributed by atoms with E-state index in [0.717, 1.165) is 44.0 Å². The second-order valence-electron chi connectivity index (χ2n) is 4.40. The zero-order valence-electron chi connectivity index (χ0n) is 10.4. The number of hydrazine groups is 1. The van der Waals surface area contributed by atoms with Crippen LogP contribution in [0.4, 0.5) is 10.8 Å². The van der Waals surface area contributed by atoms with E-state index in [0.29, 0.717) is 5.00 Å². The summed E-state index contributed by atoms with van der Waals surface area (Å²) in [6, 6.07) is 0. The van der Waals surface area contributed by atoms with E-state index in [2.05, 4.69) is 21.7 Å². The number of likely N-dealkylation sites (N-methyl/N-ethyl adjacent to an activating group) is 1. The van der Waals surface area contributed by atoms with Crippen molar-refractivity contribution in [3.05, 3.63) is 0 Å². The molecule has 2 heterocycles. The Bertz CT molecular complexity index is 519. The first-order valence-electron chi connectivity index (χ1n) is 5.53. The molecule has 0 aliphatic carbocycles. The molecule has 0 unspecified atom stereocenters. The van der Waals surface area contributed by atoms with Crippen LogP contribution in [-0.4, -0.2) is 62.2 Å². The van der Waals surface area contributed by atoms with Crippen LogP contribution in [0.1, 0.15) is 0 Å². The van der Waals surface area contributed by atoms with E-state index in [9.17, 15) is 8.42 Å². The molecule has 0 saturated carbocycles. The summed E-state index contributed by atoms with van der Waals surface area (Å²) >= 11 is 1.08. The van der Waals surface area contributed by atoms with Crippen LogP contribution >= 0.6 is 11.5 Å². The normalized spacial score (nSPS) is 19.0. The number of anilines is 2. The summed E-state index contributed by atoms with van der Waals surface area (Å²) in [5, 5.41) is 2.49. The summed E-state index contributed by atoms with van der Waals surface area (Å²) in [4.78, 5) is 2.32. The molecule has 0 atom stereocenters. The summed E-state index contributed by atoms with van der Waals surface area (Å²) in [7, 11) is -1.30. The smallest absolute Gasteiger partial charge is 0.182 e. The summed E-state index contributed by atoms with van der Waals surface area (Å²) < 4.78 is 27.2. The summed E-state index contributed by atoms with van der Waals surface area (Å²) in [6.07, 6.45) is 1.14. The van der Waals surface area contributed by atoms with Crippen molar-refractivity contribution in [2.24, 2.45) is 0 Å². The average molecular weight is 291 g/mol. The molecule has 1 aliphatic heterocycles. The van der Waals surface area contributed by atoms with Gasteiger partial charge >= 0.3 is 0 Å². The molecule has 1 aliphatic rings. The molecule has 1 aromatic rings. The molecule has 0 aromatic carbocycles. The summed E-state index contributed by atoms with van der Waals surface area (Å²) in [5.74, 6) is 0.0686. The number of aromatic nitrogens is 1. The molecule has 0 bridgehead atoms. The van der Waals surface area contributed by atoms with Crippen molar-refractivity contribution in [3.8, 4) is 0 Å². The Hall–Kier alpha value is -0.900. The fourth-order valence-electron chi connectivity index (χ4n) is 1.79. The van der Waals surface area contributed by atoms with Crippen molar-refractivity contribution in [3.63, 3.8) is 0 Å². The van der Waals surface area contributed by atoms with E-state index >= 15 is 0 Å². The van der Waals surface area contributed by atoms with Crippen molar-refractivity contribution in [1.29, 1.82) is 0 Å². The van der Waals surface area contributed by atoms with Gasteiger partial charge in [0, 0.05) is 32.4 Å². The van der Waals surface area contributed by atoms with E-state index in [1.807, 2.05) is 5.01 Å². The van der Waals surface area contributed by atoms with Crippen molar-refractivity contribution < 1.29 is 8.42 Å². The van der Waals surface area contributed by atoms with Gasteiger partial charge < -0.3 is 16.1 Å². The Morgan fingerprint density at radius 1 is 1.33 bits per heavy atom. The molecule has 3 N–H and O–H groups in total. The van der Waals surface area contributed by atoms with Gasteiger partial charge in [0.05, 0.1) is 0 Å². The number of rotatable bonds is 3. The average Bonchev–Trinajstić information content (AvgIpc) is 2.63. The first-order valence-corrected chi connectivity index (χ1v) is 8.20. The highest BCUT2D eigenvalue weighted by atomic mass is 32.2. The molecule has 1 aromatic heterocycles. The van der Waals surface area contributed by atoms with Crippen LogP contribution in [-0.2, 0) is 9.84 Å². The number of nitrogens with zero attached hydrogens (tertiary/aromatic N) is 3. The van der Waals surface area contributed by atoms with Gasteiger partial charge in [0.25, 0.3) is 0 Å². The Balaban J connectivity index is 2.15. The Morgan fingerprint density at radius 2 is 1.94 bits per heavy atom. The Labute approximate surface area is 111 Å². The van der Waals surface area contributed by atoms with E-state index in [1.165, 1.54) is 0 Å². The maximum Gasteiger partial charge on any atom is 0.182 e. The van der Waals surface area contributed by atoms with Crippen LogP contribution in [0.15, 0.2) is 4.90 Å². The molecule has 0 radical (unpaired) electrons. The van der Waals surface area contributed by atoms with Gasteiger partial charge in [-0.15, -0.1) is 0 Å². The lowest BCUT2D eigenvalue weighted by molar-refractivity contribution is 0.179. The maximum absolute atomic E-state index is 11.6. The quantitative estimate of drug-likeness (QED) is 0.790. The molecular formula is C9H17N5O2S2. The van der Waals surface area contributed by atoms with E-state index in [-0.39, 0.29) is 10.7 Å². The third-order valence-corrected chi connectivity index (χ3v) is 4.86. The lowest BCUT2D eigenvalue weighted by atomic mass is 10.4. The van der Waals surface area contributed by atoms with Crippen LogP contribution in [0, 0.1) is 0 Å². The standard InChI is InChI=1S/C9H17N5O2S2/c1-13-3-5-14(6-4-13)11-9-7(18(2,15)16)8(10)12-17-9/h11H,3-6H2,1-2H3,(H2,10,12). The van der Waals surface area contributed by atoms with E-state index < -0.39 is 9.84 Å². The Kier molecular flexibility index (Phi) is 3.76. The van der Waals surface area contributed by atoms with Crippen LogP contribution in [0.3, 0.4) is 0 Å². The molecule has 1 saturated heterocycles. The van der Waals surface area contributed by atoms with Gasteiger partial charge in [-0.1, -0.05) is 0 Å². The van der Waals surface area contributed by atoms with Gasteiger partial charge in [0.1, 0.15) is 9.90 Å². The topological polar surface area (TPSA) is 91.6 Å². The van der Waals surface area contributed by atoms with Crippen molar-refractivity contribution in [2.45, 2.75) is 4.90 Å². The minimum Gasteiger partial charge on any atom is -0.382 e. The van der Waals surface area contributed by atoms with E-state index in [1.54, 1.807) is 0 Å². The number of nitrogen functional groups attached to an aromatic ring is 1. The van der Waals surface area contributed by atoms with Gasteiger partial charge in [-0.2, -0.15) is 4.37 Å². The van der Waals surface area contributed by atoms with Crippen molar-refractivity contribution in [1.82, 2.24) is 14.3 Å². The lowest BCUT2D eigenvalue weighted by Gasteiger charge is -2.32. The number of nitrogens with one attached hydrogen (secondary N) is 1. The van der Waals surface area contributed by atoms with Gasteiger partial charge in [0.2, 0.25) is 0 Å². The number of piperazine rings is 1. The fraction of sp³-hybridized carbons (Fsp3) is 0.667. The third-order valence-electron chi connectivity index (χ3n) is 2.81. The molecule has 9 heteroatoms. The molecule has 0 amide bonds. The van der Waals surface area contributed by atoms with Gasteiger partial charge in [-0.25, -0.2) is 13.4 Å². The van der Waals surface area contributed by atoms with Crippen molar-refractivity contribution >= 4 is 32.2 Å². The maximum atomic E-state index is 11.6. The largest absolute Gasteiger partial charge is 0.382 e. The lowest BCUT2D eigenvalue weighted by Crippen LogP contribution is -2.46. The van der Waals surface area contributed by atoms with Crippen LogP contribution in [0.2, 0.25) is 0 Å². The molecule has 102 valence electrons. The van der Waals surface area contributed by atoms with Gasteiger partial charge in [-0.05, 0) is 18.6 Å². The molecule has 0 spiro atoms. The minimum atomic E-state index is -3.36. The molecule has 7 nitrogen and oxygen atoms in total. The monoisotopic (exact) mass is 291 g/mol. The Morgan fingerprint density at radius 3 is 2.50 bits per heavy atom. The number of hydrogen-bond donors (Lipinski definition) is 2. The van der Waals surface area contributed by atoms with Crippen LogP contribution in [0.5, 0.6) is 0 Å². The van der Waals surface area contributed by atoms with E-state index in [4.69, 9.17) is 5.73 Å². The number of hydrogen-bond acceptors (Lipinski definition) is 8. The second-order valence-corrected chi connectivity index (χ2v) is 7.13. The number of sulfone groups is 1. The molecule has 2 rings (SSSR count). The van der Waals surface area contributed by atoms with Crippen molar-refractivity contribution in [2.75, 3.05) is 50.6 Å².